The monoisotopic (exact) mass is 360 g/mol. The van der Waals surface area contributed by atoms with E-state index in [-0.39, 0.29) is 12.1 Å². The Morgan fingerprint density at radius 3 is 2.08 bits per heavy atom. The molecule has 1 aliphatic carbocycles. The van der Waals surface area contributed by atoms with Crippen LogP contribution in [0.5, 0.6) is 0 Å². The summed E-state index contributed by atoms with van der Waals surface area (Å²) in [4.78, 5) is 11.8. The molecule has 0 aromatic carbocycles. The zero-order valence-corrected chi connectivity index (χ0v) is 16.1. The summed E-state index contributed by atoms with van der Waals surface area (Å²) in [5.41, 5.74) is 4.87. The molecule has 0 radical (unpaired) electrons. The van der Waals surface area contributed by atoms with E-state index in [0.29, 0.717) is 45.5 Å². The first-order valence-corrected chi connectivity index (χ1v) is 9.33. The molecule has 0 unspecified atom stereocenters. The SMILES string of the molecule is CC(C)(C)OC(=O)N[C@H]1CC[C@H](COCCOCCOCCN)CC1. The molecular weight excluding hydrogens is 324 g/mol. The Balaban J connectivity index is 1.97. The van der Waals surface area contributed by atoms with Gasteiger partial charge in [0.05, 0.1) is 33.0 Å². The smallest absolute Gasteiger partial charge is 0.407 e. The second kappa shape index (κ2) is 12.5. The van der Waals surface area contributed by atoms with Crippen molar-refractivity contribution in [3.05, 3.63) is 0 Å². The minimum Gasteiger partial charge on any atom is -0.444 e. The van der Waals surface area contributed by atoms with Crippen molar-refractivity contribution >= 4 is 6.09 Å². The average Bonchev–Trinajstić information content (AvgIpc) is 2.53. The van der Waals surface area contributed by atoms with Crippen LogP contribution in [-0.2, 0) is 18.9 Å². The maximum absolute atomic E-state index is 11.8. The molecule has 0 aromatic heterocycles. The first-order valence-electron chi connectivity index (χ1n) is 9.33. The summed E-state index contributed by atoms with van der Waals surface area (Å²) in [6, 6.07) is 0.211. The fourth-order valence-corrected chi connectivity index (χ4v) is 2.72. The van der Waals surface area contributed by atoms with E-state index in [9.17, 15) is 4.79 Å². The highest BCUT2D eigenvalue weighted by Gasteiger charge is 2.24. The van der Waals surface area contributed by atoms with E-state index >= 15 is 0 Å². The van der Waals surface area contributed by atoms with Crippen LogP contribution in [-0.4, -0.2) is 63.9 Å². The van der Waals surface area contributed by atoms with Crippen molar-refractivity contribution in [1.82, 2.24) is 5.32 Å². The summed E-state index contributed by atoms with van der Waals surface area (Å²) in [5, 5.41) is 2.96. The van der Waals surface area contributed by atoms with Crippen molar-refractivity contribution in [2.45, 2.75) is 58.1 Å². The molecule has 25 heavy (non-hydrogen) atoms. The topological polar surface area (TPSA) is 92.0 Å². The quantitative estimate of drug-likeness (QED) is 0.548. The standard InChI is InChI=1S/C18H36N2O5/c1-18(2,3)25-17(21)20-16-6-4-15(5-7-16)14-24-13-12-23-11-10-22-9-8-19/h15-16H,4-14,19H2,1-3H3,(H,20,21)/t15-,16-. The van der Waals surface area contributed by atoms with Crippen LogP contribution >= 0.6 is 0 Å². The Morgan fingerprint density at radius 1 is 0.960 bits per heavy atom. The summed E-state index contributed by atoms with van der Waals surface area (Å²) >= 11 is 0. The highest BCUT2D eigenvalue weighted by atomic mass is 16.6. The summed E-state index contributed by atoms with van der Waals surface area (Å²) in [6.07, 6.45) is 3.76. The van der Waals surface area contributed by atoms with E-state index < -0.39 is 5.60 Å². The zero-order chi connectivity index (χ0) is 18.5. The second-order valence-electron chi connectivity index (χ2n) is 7.45. The van der Waals surface area contributed by atoms with Gasteiger partial charge in [0.2, 0.25) is 0 Å². The molecule has 1 amide bonds. The molecule has 148 valence electrons. The van der Waals surface area contributed by atoms with Gasteiger partial charge in [0.1, 0.15) is 5.60 Å². The lowest BCUT2D eigenvalue weighted by molar-refractivity contribution is 0.00436. The van der Waals surface area contributed by atoms with Crippen molar-refractivity contribution in [2.75, 3.05) is 46.2 Å². The number of rotatable bonds is 11. The lowest BCUT2D eigenvalue weighted by atomic mass is 9.86. The molecule has 0 aliphatic heterocycles. The van der Waals surface area contributed by atoms with Crippen molar-refractivity contribution < 1.29 is 23.7 Å². The first kappa shape index (κ1) is 22.2. The summed E-state index contributed by atoms with van der Waals surface area (Å²) < 4.78 is 21.6. The van der Waals surface area contributed by atoms with Crippen molar-refractivity contribution in [3.8, 4) is 0 Å². The van der Waals surface area contributed by atoms with Gasteiger partial charge in [-0.05, 0) is 52.4 Å². The number of nitrogens with two attached hydrogens (primary N) is 1. The fraction of sp³-hybridized carbons (Fsp3) is 0.944. The molecule has 1 aliphatic rings. The second-order valence-corrected chi connectivity index (χ2v) is 7.45. The average molecular weight is 360 g/mol. The van der Waals surface area contributed by atoms with Crippen LogP contribution in [0.4, 0.5) is 4.79 Å². The third kappa shape index (κ3) is 12.2. The molecule has 0 heterocycles. The normalized spacial score (nSPS) is 21.1. The molecule has 1 fully saturated rings. The number of alkyl carbamates (subject to hydrolysis) is 1. The van der Waals surface area contributed by atoms with Gasteiger partial charge in [-0.25, -0.2) is 4.79 Å². The molecule has 0 aromatic rings. The zero-order valence-electron chi connectivity index (χ0n) is 16.1. The molecular formula is C18H36N2O5. The Bertz CT molecular complexity index is 352. The van der Waals surface area contributed by atoms with Crippen LogP contribution in [0, 0.1) is 5.92 Å². The van der Waals surface area contributed by atoms with Gasteiger partial charge in [-0.3, -0.25) is 0 Å². The van der Waals surface area contributed by atoms with Crippen LogP contribution in [0.3, 0.4) is 0 Å². The predicted octanol–water partition coefficient (Wildman–Crippen LogP) is 2.08. The Labute approximate surface area is 151 Å². The molecule has 0 saturated heterocycles. The lowest BCUT2D eigenvalue weighted by Crippen LogP contribution is -2.41. The molecule has 0 spiro atoms. The van der Waals surface area contributed by atoms with Crippen LogP contribution in [0.1, 0.15) is 46.5 Å². The Hall–Kier alpha value is -0.890. The number of nitrogens with one attached hydrogen (secondary N) is 1. The molecule has 7 nitrogen and oxygen atoms in total. The third-order valence-electron chi connectivity index (χ3n) is 3.93. The predicted molar refractivity (Wildman–Crippen MR) is 96.6 cm³/mol. The van der Waals surface area contributed by atoms with E-state index in [1.165, 1.54) is 0 Å². The third-order valence-corrected chi connectivity index (χ3v) is 3.93. The Morgan fingerprint density at radius 2 is 1.52 bits per heavy atom. The Kier molecular flexibility index (Phi) is 11.0. The maximum atomic E-state index is 11.8. The van der Waals surface area contributed by atoms with Gasteiger partial charge >= 0.3 is 6.09 Å². The van der Waals surface area contributed by atoms with Crippen LogP contribution in [0.2, 0.25) is 0 Å². The number of amides is 1. The van der Waals surface area contributed by atoms with E-state index in [0.717, 1.165) is 32.3 Å². The number of carbonyl (C=O) groups excluding carboxylic acids is 1. The van der Waals surface area contributed by atoms with Crippen LogP contribution in [0.25, 0.3) is 0 Å². The summed E-state index contributed by atoms with van der Waals surface area (Å²) in [7, 11) is 0. The van der Waals surface area contributed by atoms with Crippen molar-refractivity contribution in [3.63, 3.8) is 0 Å². The lowest BCUT2D eigenvalue weighted by Gasteiger charge is -2.30. The van der Waals surface area contributed by atoms with Gasteiger partial charge in [0, 0.05) is 19.2 Å². The van der Waals surface area contributed by atoms with Gasteiger partial charge in [0.25, 0.3) is 0 Å². The van der Waals surface area contributed by atoms with Gasteiger partial charge in [-0.2, -0.15) is 0 Å². The van der Waals surface area contributed by atoms with Gasteiger partial charge < -0.3 is 30.0 Å². The van der Waals surface area contributed by atoms with E-state index in [1.807, 2.05) is 20.8 Å². The summed E-state index contributed by atoms with van der Waals surface area (Å²) in [6.45, 7) is 9.83. The molecule has 3 N–H and O–H groups in total. The molecule has 7 heteroatoms. The highest BCUT2D eigenvalue weighted by Crippen LogP contribution is 2.24. The van der Waals surface area contributed by atoms with Crippen molar-refractivity contribution in [1.29, 1.82) is 0 Å². The van der Waals surface area contributed by atoms with E-state index in [2.05, 4.69) is 5.32 Å². The minimum atomic E-state index is -0.451. The number of ether oxygens (including phenoxy) is 4. The minimum absolute atomic E-state index is 0.211. The van der Waals surface area contributed by atoms with E-state index in [4.69, 9.17) is 24.7 Å². The largest absolute Gasteiger partial charge is 0.444 e. The van der Waals surface area contributed by atoms with Crippen molar-refractivity contribution in [2.24, 2.45) is 11.7 Å². The van der Waals surface area contributed by atoms with Crippen LogP contribution < -0.4 is 11.1 Å². The van der Waals surface area contributed by atoms with Gasteiger partial charge in [-0.15, -0.1) is 0 Å². The fourth-order valence-electron chi connectivity index (χ4n) is 2.72. The van der Waals surface area contributed by atoms with Gasteiger partial charge in [-0.1, -0.05) is 0 Å². The van der Waals surface area contributed by atoms with E-state index in [1.54, 1.807) is 0 Å². The maximum Gasteiger partial charge on any atom is 0.407 e. The van der Waals surface area contributed by atoms with Gasteiger partial charge in [0.15, 0.2) is 0 Å². The number of carbonyl (C=O) groups is 1. The summed E-state index contributed by atoms with van der Waals surface area (Å²) in [5.74, 6) is 0.560. The molecule has 0 atom stereocenters. The molecule has 0 bridgehead atoms. The molecule has 1 rings (SSSR count). The molecule has 1 saturated carbocycles. The van der Waals surface area contributed by atoms with Crippen LogP contribution in [0.15, 0.2) is 0 Å². The highest BCUT2D eigenvalue weighted by molar-refractivity contribution is 5.68. The number of hydrogen-bond acceptors (Lipinski definition) is 6. The first-order chi connectivity index (χ1) is 11.9. The number of hydrogen-bond donors (Lipinski definition) is 2.